The lowest BCUT2D eigenvalue weighted by Gasteiger charge is -2.17. The molecule has 1 atom stereocenters. The lowest BCUT2D eigenvalue weighted by molar-refractivity contribution is -0.113. The van der Waals surface area contributed by atoms with Crippen molar-refractivity contribution in [2.75, 3.05) is 11.1 Å². The molecule has 0 bridgehead atoms. The fourth-order valence-electron chi connectivity index (χ4n) is 3.74. The molecule has 1 aromatic carbocycles. The van der Waals surface area contributed by atoms with E-state index in [4.69, 9.17) is 0 Å². The van der Waals surface area contributed by atoms with Crippen LogP contribution in [0.2, 0.25) is 0 Å². The van der Waals surface area contributed by atoms with E-state index < -0.39 is 0 Å². The normalized spacial score (nSPS) is 15.4. The van der Waals surface area contributed by atoms with Crippen LogP contribution in [0, 0.1) is 23.1 Å². The number of aromatic nitrogens is 3. The molecule has 9 heteroatoms. The summed E-state index contributed by atoms with van der Waals surface area (Å²) in [5.41, 5.74) is 2.48. The highest BCUT2D eigenvalue weighted by Gasteiger charge is 2.25. The Hall–Kier alpha value is -2.70. The molecule has 2 heterocycles. The van der Waals surface area contributed by atoms with Gasteiger partial charge in [-0.25, -0.2) is 4.39 Å². The molecular weight excluding hydrogens is 433 g/mol. The standard InChI is InChI=1S/C22H22FN5OS2/c1-3-28-20(14-5-7-15(23)8-6-14)26-27-22(28)30-12-19(29)25-21-17(11-24)16-9-4-13(2)10-18(16)31-21/h5-8,13H,3-4,9-10,12H2,1-2H3,(H,25,29). The maximum atomic E-state index is 13.2. The molecule has 3 aromatic rings. The van der Waals surface area contributed by atoms with Crippen LogP contribution in [0.25, 0.3) is 11.4 Å². The van der Waals surface area contributed by atoms with Crippen LogP contribution in [0.3, 0.4) is 0 Å². The third-order valence-corrected chi connectivity index (χ3v) is 7.48. The number of thiophene rings is 1. The monoisotopic (exact) mass is 455 g/mol. The van der Waals surface area contributed by atoms with Crippen molar-refractivity contribution in [3.63, 3.8) is 0 Å². The first-order valence-electron chi connectivity index (χ1n) is 10.2. The first kappa shape index (κ1) is 21.5. The summed E-state index contributed by atoms with van der Waals surface area (Å²) >= 11 is 2.81. The van der Waals surface area contributed by atoms with Gasteiger partial charge in [0.25, 0.3) is 0 Å². The van der Waals surface area contributed by atoms with E-state index in [-0.39, 0.29) is 17.5 Å². The van der Waals surface area contributed by atoms with Gasteiger partial charge in [0.2, 0.25) is 5.91 Å². The molecule has 160 valence electrons. The van der Waals surface area contributed by atoms with Crippen LogP contribution in [0.4, 0.5) is 9.39 Å². The number of rotatable bonds is 6. The number of nitrogens with zero attached hydrogens (tertiary/aromatic N) is 4. The summed E-state index contributed by atoms with van der Waals surface area (Å²) in [7, 11) is 0. The van der Waals surface area contributed by atoms with Crippen LogP contribution >= 0.6 is 23.1 Å². The lowest BCUT2D eigenvalue weighted by Crippen LogP contribution is -2.14. The fraction of sp³-hybridized carbons (Fsp3) is 0.364. The minimum atomic E-state index is -0.306. The Morgan fingerprint density at radius 1 is 1.39 bits per heavy atom. The minimum Gasteiger partial charge on any atom is -0.316 e. The predicted octanol–water partition coefficient (Wildman–Crippen LogP) is 4.89. The molecule has 0 spiro atoms. The van der Waals surface area contributed by atoms with Gasteiger partial charge in [0, 0.05) is 17.0 Å². The van der Waals surface area contributed by atoms with Crippen molar-refractivity contribution < 1.29 is 9.18 Å². The molecule has 31 heavy (non-hydrogen) atoms. The van der Waals surface area contributed by atoms with Gasteiger partial charge in [-0.2, -0.15) is 5.26 Å². The number of amides is 1. The van der Waals surface area contributed by atoms with Gasteiger partial charge in [-0.05, 0) is 61.9 Å². The highest BCUT2D eigenvalue weighted by atomic mass is 32.2. The van der Waals surface area contributed by atoms with Gasteiger partial charge in [-0.1, -0.05) is 18.7 Å². The molecule has 1 unspecified atom stereocenters. The molecule has 1 amide bonds. The second kappa shape index (κ2) is 9.20. The Bertz CT molecular complexity index is 1150. The van der Waals surface area contributed by atoms with Crippen molar-refractivity contribution in [1.82, 2.24) is 14.8 Å². The quantitative estimate of drug-likeness (QED) is 0.535. The summed E-state index contributed by atoms with van der Waals surface area (Å²) in [4.78, 5) is 13.8. The van der Waals surface area contributed by atoms with E-state index in [0.29, 0.717) is 34.0 Å². The van der Waals surface area contributed by atoms with Crippen LogP contribution in [-0.4, -0.2) is 26.4 Å². The molecule has 0 saturated carbocycles. The number of anilines is 1. The van der Waals surface area contributed by atoms with Crippen molar-refractivity contribution in [1.29, 1.82) is 5.26 Å². The summed E-state index contributed by atoms with van der Waals surface area (Å²) in [6, 6.07) is 8.38. The maximum Gasteiger partial charge on any atom is 0.235 e. The zero-order chi connectivity index (χ0) is 22.0. The summed E-state index contributed by atoms with van der Waals surface area (Å²) < 4.78 is 15.1. The number of benzene rings is 1. The Kier molecular flexibility index (Phi) is 6.39. The zero-order valence-corrected chi connectivity index (χ0v) is 18.9. The van der Waals surface area contributed by atoms with Crippen LogP contribution in [0.5, 0.6) is 0 Å². The van der Waals surface area contributed by atoms with E-state index >= 15 is 0 Å². The second-order valence-electron chi connectivity index (χ2n) is 7.56. The van der Waals surface area contributed by atoms with Crippen LogP contribution in [0.15, 0.2) is 29.4 Å². The van der Waals surface area contributed by atoms with Crippen molar-refractivity contribution in [3.05, 3.63) is 46.1 Å². The van der Waals surface area contributed by atoms with Crippen molar-refractivity contribution in [2.45, 2.75) is 44.8 Å². The number of halogens is 1. The van der Waals surface area contributed by atoms with E-state index in [2.05, 4.69) is 28.5 Å². The first-order valence-corrected chi connectivity index (χ1v) is 12.0. The van der Waals surface area contributed by atoms with Gasteiger partial charge in [0.05, 0.1) is 11.3 Å². The second-order valence-corrected chi connectivity index (χ2v) is 9.61. The van der Waals surface area contributed by atoms with Gasteiger partial charge >= 0.3 is 0 Å². The molecule has 1 aliphatic carbocycles. The van der Waals surface area contributed by atoms with E-state index in [1.807, 2.05) is 11.5 Å². The van der Waals surface area contributed by atoms with Crippen molar-refractivity contribution >= 4 is 34.0 Å². The third kappa shape index (κ3) is 4.50. The number of hydrogen-bond acceptors (Lipinski definition) is 6. The molecule has 2 aromatic heterocycles. The Morgan fingerprint density at radius 2 is 2.16 bits per heavy atom. The summed E-state index contributed by atoms with van der Waals surface area (Å²) in [5, 5.41) is 22.2. The molecule has 0 radical (unpaired) electrons. The van der Waals surface area contributed by atoms with Crippen LogP contribution in [0.1, 0.15) is 36.3 Å². The molecule has 4 rings (SSSR count). The zero-order valence-electron chi connectivity index (χ0n) is 17.3. The average Bonchev–Trinajstić information content (AvgIpc) is 3.32. The Labute approximate surface area is 188 Å². The van der Waals surface area contributed by atoms with Gasteiger partial charge in [0.1, 0.15) is 16.9 Å². The molecule has 6 nitrogen and oxygen atoms in total. The Balaban J connectivity index is 1.45. The van der Waals surface area contributed by atoms with Gasteiger partial charge in [-0.3, -0.25) is 4.79 Å². The van der Waals surface area contributed by atoms with Crippen LogP contribution < -0.4 is 5.32 Å². The molecule has 1 aliphatic rings. The third-order valence-electron chi connectivity index (χ3n) is 5.34. The van der Waals surface area contributed by atoms with Crippen molar-refractivity contribution in [2.24, 2.45) is 5.92 Å². The summed E-state index contributed by atoms with van der Waals surface area (Å²) in [5.74, 6) is 0.914. The number of hydrogen-bond donors (Lipinski definition) is 1. The number of thioether (sulfide) groups is 1. The number of nitriles is 1. The first-order chi connectivity index (χ1) is 15.0. The van der Waals surface area contributed by atoms with Gasteiger partial charge in [0.15, 0.2) is 11.0 Å². The Morgan fingerprint density at radius 3 is 2.87 bits per heavy atom. The molecule has 1 N–H and O–H groups in total. The molecule has 0 saturated heterocycles. The largest absolute Gasteiger partial charge is 0.316 e. The summed E-state index contributed by atoms with van der Waals surface area (Å²) in [6.07, 6.45) is 2.93. The van der Waals surface area contributed by atoms with E-state index in [9.17, 15) is 14.4 Å². The molecule has 0 aliphatic heterocycles. The van der Waals surface area contributed by atoms with Gasteiger partial charge in [-0.15, -0.1) is 21.5 Å². The molecule has 0 fully saturated rings. The minimum absolute atomic E-state index is 0.158. The smallest absolute Gasteiger partial charge is 0.235 e. The van der Waals surface area contributed by atoms with Crippen LogP contribution in [-0.2, 0) is 24.2 Å². The summed E-state index contributed by atoms with van der Waals surface area (Å²) in [6.45, 7) is 4.81. The molecular formula is C22H22FN5OS2. The maximum absolute atomic E-state index is 13.2. The number of carbonyl (C=O) groups is 1. The van der Waals surface area contributed by atoms with Gasteiger partial charge < -0.3 is 9.88 Å². The van der Waals surface area contributed by atoms with Crippen molar-refractivity contribution in [3.8, 4) is 17.5 Å². The van der Waals surface area contributed by atoms with E-state index in [1.54, 1.807) is 12.1 Å². The number of nitrogens with one attached hydrogen (secondary N) is 1. The SMILES string of the molecule is CCn1c(SCC(=O)Nc2sc3c(c2C#N)CCC(C)C3)nnc1-c1ccc(F)cc1. The number of carbonyl (C=O) groups excluding carboxylic acids is 1. The average molecular weight is 456 g/mol. The fourth-order valence-corrected chi connectivity index (χ4v) is 5.92. The topological polar surface area (TPSA) is 83.6 Å². The predicted molar refractivity (Wildman–Crippen MR) is 121 cm³/mol. The number of fused-ring (bicyclic) bond motifs is 1. The highest BCUT2D eigenvalue weighted by molar-refractivity contribution is 7.99. The van der Waals surface area contributed by atoms with E-state index in [0.717, 1.165) is 30.4 Å². The van der Waals surface area contributed by atoms with E-state index in [1.165, 1.54) is 40.1 Å². The lowest BCUT2D eigenvalue weighted by atomic mass is 9.89. The highest BCUT2D eigenvalue weighted by Crippen LogP contribution is 2.39.